The van der Waals surface area contributed by atoms with E-state index in [9.17, 15) is 12.8 Å². The summed E-state index contributed by atoms with van der Waals surface area (Å²) in [6.07, 6.45) is 1.07. The number of ether oxygens (including phenoxy) is 1. The molecule has 0 aromatic heterocycles. The van der Waals surface area contributed by atoms with Crippen LogP contribution in [0.4, 0.5) is 4.39 Å². The summed E-state index contributed by atoms with van der Waals surface area (Å²) in [6.45, 7) is 0. The molecule has 4 nitrogen and oxygen atoms in total. The second-order valence-corrected chi connectivity index (χ2v) is 4.31. The maximum atomic E-state index is 12.7. The van der Waals surface area contributed by atoms with Crippen molar-refractivity contribution in [3.05, 3.63) is 41.2 Å². The Morgan fingerprint density at radius 2 is 2.13 bits per heavy atom. The molecule has 0 N–H and O–H groups in total. The molecule has 2 rings (SSSR count). The lowest BCUT2D eigenvalue weighted by atomic mass is 10.3. The van der Waals surface area contributed by atoms with Crippen molar-refractivity contribution in [1.29, 1.82) is 0 Å². The van der Waals surface area contributed by atoms with E-state index in [1.165, 1.54) is 18.2 Å². The Balaban J connectivity index is 2.22. The molecule has 1 heterocycles. The maximum absolute atomic E-state index is 12.7. The zero-order chi connectivity index (χ0) is 10.9. The maximum Gasteiger partial charge on any atom is 0.279 e. The van der Waals surface area contributed by atoms with Gasteiger partial charge in [0.15, 0.2) is 5.76 Å². The van der Waals surface area contributed by atoms with Crippen LogP contribution in [-0.4, -0.2) is 14.6 Å². The molecule has 15 heavy (non-hydrogen) atoms. The molecule has 1 aromatic rings. The first-order valence-corrected chi connectivity index (χ1v) is 5.51. The van der Waals surface area contributed by atoms with Crippen molar-refractivity contribution in [1.82, 2.24) is 0 Å². The van der Waals surface area contributed by atoms with Crippen molar-refractivity contribution >= 4 is 16.2 Å². The fourth-order valence-corrected chi connectivity index (χ4v) is 1.76. The van der Waals surface area contributed by atoms with Crippen molar-refractivity contribution in [2.24, 2.45) is 4.40 Å². The molecule has 1 aliphatic rings. The summed E-state index contributed by atoms with van der Waals surface area (Å²) < 4.78 is 42.8. The highest BCUT2D eigenvalue weighted by molar-refractivity contribution is 7.93. The summed E-state index contributed by atoms with van der Waals surface area (Å²) in [5.41, 5.74) is 0. The van der Waals surface area contributed by atoms with E-state index in [4.69, 9.17) is 4.74 Å². The quantitative estimate of drug-likeness (QED) is 0.768. The minimum atomic E-state index is -3.54. The Labute approximate surface area is 85.8 Å². The van der Waals surface area contributed by atoms with Gasteiger partial charge in [-0.15, -0.1) is 0 Å². The van der Waals surface area contributed by atoms with Crippen molar-refractivity contribution < 1.29 is 17.5 Å². The standard InChI is InChI=1S/C9H6FNO3S/c10-7-2-1-3-8(4-7)14-9-5-11-15(12,13)6-9/h1-6H. The van der Waals surface area contributed by atoms with E-state index in [-0.39, 0.29) is 11.5 Å². The Morgan fingerprint density at radius 1 is 1.33 bits per heavy atom. The van der Waals surface area contributed by atoms with Crippen LogP contribution in [0.3, 0.4) is 0 Å². The number of hydrogen-bond acceptors (Lipinski definition) is 3. The van der Waals surface area contributed by atoms with Gasteiger partial charge in [0.2, 0.25) is 0 Å². The predicted octanol–water partition coefficient (Wildman–Crippen LogP) is 1.46. The summed E-state index contributed by atoms with van der Waals surface area (Å²) >= 11 is 0. The molecule has 0 radical (unpaired) electrons. The largest absolute Gasteiger partial charge is 0.455 e. The smallest absolute Gasteiger partial charge is 0.279 e. The van der Waals surface area contributed by atoms with Crippen LogP contribution in [0.25, 0.3) is 0 Å². The first-order chi connectivity index (χ1) is 7.05. The van der Waals surface area contributed by atoms with Crippen LogP contribution in [0.15, 0.2) is 39.8 Å². The van der Waals surface area contributed by atoms with E-state index in [0.29, 0.717) is 0 Å². The summed E-state index contributed by atoms with van der Waals surface area (Å²) in [5, 5.41) is 0.873. The number of halogens is 1. The molecule has 0 bridgehead atoms. The Bertz CT molecular complexity index is 548. The highest BCUT2D eigenvalue weighted by atomic mass is 32.2. The van der Waals surface area contributed by atoms with Gasteiger partial charge in [0.25, 0.3) is 10.0 Å². The molecule has 78 valence electrons. The van der Waals surface area contributed by atoms with Crippen LogP contribution in [-0.2, 0) is 10.0 Å². The van der Waals surface area contributed by atoms with Crippen LogP contribution in [0.2, 0.25) is 0 Å². The summed E-state index contributed by atoms with van der Waals surface area (Å²) in [4.78, 5) is 0. The number of sulfonamides is 1. The molecule has 0 atom stereocenters. The lowest BCUT2D eigenvalue weighted by Gasteiger charge is -2.02. The van der Waals surface area contributed by atoms with E-state index in [1.54, 1.807) is 0 Å². The Hall–Kier alpha value is -1.69. The fraction of sp³-hybridized carbons (Fsp3) is 0. The number of benzene rings is 1. The Kier molecular flexibility index (Phi) is 2.28. The normalized spacial score (nSPS) is 17.5. The highest BCUT2D eigenvalue weighted by Gasteiger charge is 2.14. The highest BCUT2D eigenvalue weighted by Crippen LogP contribution is 2.17. The van der Waals surface area contributed by atoms with Gasteiger partial charge in [-0.05, 0) is 12.1 Å². The lowest BCUT2D eigenvalue weighted by molar-refractivity contribution is 0.454. The number of rotatable bonds is 2. The molecular weight excluding hydrogens is 221 g/mol. The zero-order valence-corrected chi connectivity index (χ0v) is 8.24. The van der Waals surface area contributed by atoms with Gasteiger partial charge in [0.1, 0.15) is 11.6 Å². The first-order valence-electron chi connectivity index (χ1n) is 4.01. The molecule has 0 saturated heterocycles. The zero-order valence-electron chi connectivity index (χ0n) is 7.42. The molecule has 0 saturated carbocycles. The van der Waals surface area contributed by atoms with Gasteiger partial charge in [-0.1, -0.05) is 6.07 Å². The fourth-order valence-electron chi connectivity index (χ4n) is 1.05. The second kappa shape index (κ2) is 3.47. The van der Waals surface area contributed by atoms with Crippen LogP contribution >= 0.6 is 0 Å². The SMILES string of the molecule is O=S1(=O)C=C(Oc2cccc(F)c2)C=N1. The number of allylic oxidation sites excluding steroid dienone is 1. The molecule has 0 aliphatic carbocycles. The van der Waals surface area contributed by atoms with Crippen LogP contribution in [0.1, 0.15) is 0 Å². The minimum Gasteiger partial charge on any atom is -0.455 e. The monoisotopic (exact) mass is 227 g/mol. The van der Waals surface area contributed by atoms with Gasteiger partial charge in [0.05, 0.1) is 11.6 Å². The average molecular weight is 227 g/mol. The second-order valence-electron chi connectivity index (χ2n) is 2.83. The van der Waals surface area contributed by atoms with Crippen molar-refractivity contribution in [2.75, 3.05) is 0 Å². The van der Waals surface area contributed by atoms with Crippen molar-refractivity contribution in [3.8, 4) is 5.75 Å². The van der Waals surface area contributed by atoms with Gasteiger partial charge < -0.3 is 4.74 Å². The minimum absolute atomic E-state index is 0.0700. The van der Waals surface area contributed by atoms with Gasteiger partial charge in [0, 0.05) is 6.07 Å². The lowest BCUT2D eigenvalue weighted by Crippen LogP contribution is -1.94. The number of hydrogen-bond donors (Lipinski definition) is 0. The van der Waals surface area contributed by atoms with Gasteiger partial charge in [-0.3, -0.25) is 0 Å². The molecule has 0 fully saturated rings. The number of nitrogens with zero attached hydrogens (tertiary/aromatic N) is 1. The van der Waals surface area contributed by atoms with Crippen LogP contribution in [0, 0.1) is 5.82 Å². The van der Waals surface area contributed by atoms with Gasteiger partial charge in [-0.25, -0.2) is 4.39 Å². The molecule has 1 aromatic carbocycles. The van der Waals surface area contributed by atoms with E-state index in [2.05, 4.69) is 4.40 Å². The molecule has 0 spiro atoms. The third-order valence-electron chi connectivity index (χ3n) is 1.62. The average Bonchev–Trinajstić information content (AvgIpc) is 2.45. The first kappa shape index (κ1) is 9.85. The summed E-state index contributed by atoms with van der Waals surface area (Å²) in [5.74, 6) is -0.156. The summed E-state index contributed by atoms with van der Waals surface area (Å²) in [7, 11) is -3.54. The van der Waals surface area contributed by atoms with E-state index in [0.717, 1.165) is 17.7 Å². The predicted molar refractivity (Wildman–Crippen MR) is 52.5 cm³/mol. The summed E-state index contributed by atoms with van der Waals surface area (Å²) in [6, 6.07) is 5.40. The Morgan fingerprint density at radius 3 is 2.73 bits per heavy atom. The van der Waals surface area contributed by atoms with E-state index < -0.39 is 15.8 Å². The molecular formula is C9H6FNO3S. The molecule has 0 unspecified atom stereocenters. The van der Waals surface area contributed by atoms with E-state index in [1.807, 2.05) is 0 Å². The van der Waals surface area contributed by atoms with Crippen LogP contribution in [0.5, 0.6) is 5.75 Å². The van der Waals surface area contributed by atoms with Gasteiger partial charge >= 0.3 is 0 Å². The van der Waals surface area contributed by atoms with Crippen LogP contribution < -0.4 is 4.74 Å². The van der Waals surface area contributed by atoms with Crippen molar-refractivity contribution in [3.63, 3.8) is 0 Å². The third kappa shape index (κ3) is 2.41. The van der Waals surface area contributed by atoms with Gasteiger partial charge in [-0.2, -0.15) is 12.8 Å². The molecule has 1 aliphatic heterocycles. The van der Waals surface area contributed by atoms with Crippen molar-refractivity contribution in [2.45, 2.75) is 0 Å². The molecule has 6 heteroatoms. The molecule has 0 amide bonds. The van der Waals surface area contributed by atoms with E-state index >= 15 is 0 Å². The topological polar surface area (TPSA) is 55.7 Å². The third-order valence-corrected chi connectivity index (χ3v) is 2.55.